The minimum absolute atomic E-state index is 0.0176. The number of fused-ring (bicyclic) bond motifs is 1. The van der Waals surface area contributed by atoms with E-state index in [0.717, 1.165) is 15.2 Å². The van der Waals surface area contributed by atoms with Gasteiger partial charge in [-0.1, -0.05) is 70.5 Å². The van der Waals surface area contributed by atoms with Crippen LogP contribution in [0.15, 0.2) is 101 Å². The molecule has 0 aliphatic carbocycles. The van der Waals surface area contributed by atoms with Gasteiger partial charge in [-0.2, -0.15) is 0 Å². The van der Waals surface area contributed by atoms with Crippen LogP contribution < -0.4 is 4.90 Å². The standard InChI is InChI=1S/C26H17BrN2O3/c27-18-13-11-17(12-14-18)24(30)22-23(20-9-3-4-15-28-20)29(26(32)25(22)31)21-10-5-7-16-6-1-2-8-19(16)21/h1-15,23,30H/b24-22+. The number of anilines is 1. The van der Waals surface area contributed by atoms with Crippen molar-refractivity contribution >= 4 is 49.8 Å². The maximum Gasteiger partial charge on any atom is 0.300 e. The second kappa shape index (κ2) is 8.05. The van der Waals surface area contributed by atoms with Crippen molar-refractivity contribution in [1.82, 2.24) is 4.98 Å². The molecule has 0 saturated carbocycles. The average Bonchev–Trinajstić information content (AvgIpc) is 3.09. The van der Waals surface area contributed by atoms with Crippen LogP contribution in [0.4, 0.5) is 5.69 Å². The molecule has 1 aliphatic heterocycles. The first-order valence-corrected chi connectivity index (χ1v) is 10.8. The number of aromatic nitrogens is 1. The third kappa shape index (κ3) is 3.29. The average molecular weight is 485 g/mol. The highest BCUT2D eigenvalue weighted by atomic mass is 79.9. The lowest BCUT2D eigenvalue weighted by Crippen LogP contribution is -2.30. The Balaban J connectivity index is 1.77. The van der Waals surface area contributed by atoms with Crippen LogP contribution in [0.1, 0.15) is 17.3 Å². The summed E-state index contributed by atoms with van der Waals surface area (Å²) in [6.45, 7) is 0. The van der Waals surface area contributed by atoms with Crippen molar-refractivity contribution in [3.63, 3.8) is 0 Å². The number of carbonyl (C=O) groups excluding carboxylic acids is 2. The number of aliphatic hydroxyl groups excluding tert-OH is 1. The molecule has 0 spiro atoms. The molecule has 2 heterocycles. The van der Waals surface area contributed by atoms with Gasteiger partial charge in [0.05, 0.1) is 17.0 Å². The lowest BCUT2D eigenvalue weighted by molar-refractivity contribution is -0.132. The van der Waals surface area contributed by atoms with Crippen molar-refractivity contribution in [3.8, 4) is 0 Å². The van der Waals surface area contributed by atoms with Crippen molar-refractivity contribution in [1.29, 1.82) is 0 Å². The van der Waals surface area contributed by atoms with E-state index in [0.29, 0.717) is 16.9 Å². The summed E-state index contributed by atoms with van der Waals surface area (Å²) in [6, 6.07) is 24.7. The number of rotatable bonds is 3. The quantitative estimate of drug-likeness (QED) is 0.232. The largest absolute Gasteiger partial charge is 0.507 e. The first-order chi connectivity index (χ1) is 15.6. The fourth-order valence-electron chi connectivity index (χ4n) is 4.08. The topological polar surface area (TPSA) is 70.5 Å². The Bertz CT molecular complexity index is 1380. The predicted molar refractivity (Wildman–Crippen MR) is 127 cm³/mol. The molecular weight excluding hydrogens is 468 g/mol. The van der Waals surface area contributed by atoms with Gasteiger partial charge in [0.15, 0.2) is 0 Å². The Labute approximate surface area is 192 Å². The molecule has 1 amide bonds. The number of pyridine rings is 1. The molecule has 1 saturated heterocycles. The molecule has 1 fully saturated rings. The first-order valence-electron chi connectivity index (χ1n) is 10.0. The summed E-state index contributed by atoms with van der Waals surface area (Å²) >= 11 is 3.37. The van der Waals surface area contributed by atoms with Crippen LogP contribution in [-0.4, -0.2) is 21.8 Å². The zero-order chi connectivity index (χ0) is 22.2. The number of hydrogen-bond acceptors (Lipinski definition) is 4. The fraction of sp³-hybridized carbons (Fsp3) is 0.0385. The monoisotopic (exact) mass is 484 g/mol. The number of Topliss-reactive ketones (excluding diaryl/α,β-unsaturated/α-hetero) is 1. The third-order valence-corrected chi connectivity index (χ3v) is 6.08. The van der Waals surface area contributed by atoms with Crippen LogP contribution in [0.5, 0.6) is 0 Å². The predicted octanol–water partition coefficient (Wildman–Crippen LogP) is 5.62. The Morgan fingerprint density at radius 3 is 2.34 bits per heavy atom. The normalized spacial score (nSPS) is 17.8. The lowest BCUT2D eigenvalue weighted by atomic mass is 9.98. The second-order valence-electron chi connectivity index (χ2n) is 7.43. The summed E-state index contributed by atoms with van der Waals surface area (Å²) < 4.78 is 0.839. The third-order valence-electron chi connectivity index (χ3n) is 5.56. The van der Waals surface area contributed by atoms with Gasteiger partial charge < -0.3 is 5.11 Å². The number of nitrogens with zero attached hydrogens (tertiary/aromatic N) is 2. The number of ketones is 1. The molecule has 0 radical (unpaired) electrons. The van der Waals surface area contributed by atoms with Crippen molar-refractivity contribution in [2.75, 3.05) is 4.90 Å². The van der Waals surface area contributed by atoms with E-state index in [-0.39, 0.29) is 11.3 Å². The summed E-state index contributed by atoms with van der Waals surface area (Å²) in [5, 5.41) is 12.9. The van der Waals surface area contributed by atoms with Crippen LogP contribution in [0.25, 0.3) is 16.5 Å². The van der Waals surface area contributed by atoms with Crippen LogP contribution in [0, 0.1) is 0 Å². The molecule has 4 aromatic rings. The highest BCUT2D eigenvalue weighted by Crippen LogP contribution is 2.43. The number of halogens is 1. The van der Waals surface area contributed by atoms with Crippen molar-refractivity contribution in [3.05, 3.63) is 112 Å². The maximum absolute atomic E-state index is 13.3. The summed E-state index contributed by atoms with van der Waals surface area (Å²) in [7, 11) is 0. The fourth-order valence-corrected chi connectivity index (χ4v) is 4.34. The minimum atomic E-state index is -0.856. The van der Waals surface area contributed by atoms with Gasteiger partial charge in [0.1, 0.15) is 11.8 Å². The molecule has 32 heavy (non-hydrogen) atoms. The van der Waals surface area contributed by atoms with E-state index >= 15 is 0 Å². The maximum atomic E-state index is 13.3. The number of aliphatic hydroxyl groups is 1. The molecule has 0 bridgehead atoms. The molecular formula is C26H17BrN2O3. The summed E-state index contributed by atoms with van der Waals surface area (Å²) in [6.07, 6.45) is 1.61. The summed E-state index contributed by atoms with van der Waals surface area (Å²) in [4.78, 5) is 32.4. The van der Waals surface area contributed by atoms with Gasteiger partial charge in [0.2, 0.25) is 0 Å². The van der Waals surface area contributed by atoms with E-state index in [9.17, 15) is 14.7 Å². The lowest BCUT2D eigenvalue weighted by Gasteiger charge is -2.25. The van der Waals surface area contributed by atoms with Gasteiger partial charge in [-0.3, -0.25) is 19.5 Å². The minimum Gasteiger partial charge on any atom is -0.507 e. The molecule has 5 rings (SSSR count). The van der Waals surface area contributed by atoms with Gasteiger partial charge in [-0.15, -0.1) is 0 Å². The van der Waals surface area contributed by atoms with Gasteiger partial charge in [0, 0.05) is 21.6 Å². The molecule has 1 aromatic heterocycles. The molecule has 156 valence electrons. The zero-order valence-corrected chi connectivity index (χ0v) is 18.4. The van der Waals surface area contributed by atoms with Crippen LogP contribution >= 0.6 is 15.9 Å². The number of benzene rings is 3. The Hall–Kier alpha value is -3.77. The van der Waals surface area contributed by atoms with Gasteiger partial charge in [-0.25, -0.2) is 0 Å². The highest BCUT2D eigenvalue weighted by molar-refractivity contribution is 9.10. The van der Waals surface area contributed by atoms with Crippen LogP contribution in [0.2, 0.25) is 0 Å². The van der Waals surface area contributed by atoms with E-state index in [1.165, 1.54) is 4.90 Å². The van der Waals surface area contributed by atoms with Crippen molar-refractivity contribution in [2.45, 2.75) is 6.04 Å². The summed E-state index contributed by atoms with van der Waals surface area (Å²) in [5.74, 6) is -1.67. The van der Waals surface area contributed by atoms with E-state index in [1.807, 2.05) is 42.5 Å². The van der Waals surface area contributed by atoms with E-state index in [4.69, 9.17) is 0 Å². The molecule has 5 nitrogen and oxygen atoms in total. The van der Waals surface area contributed by atoms with Gasteiger partial charge >= 0.3 is 0 Å². The van der Waals surface area contributed by atoms with E-state index in [1.54, 1.807) is 48.7 Å². The first kappa shape index (κ1) is 20.2. The van der Waals surface area contributed by atoms with Crippen LogP contribution in [-0.2, 0) is 9.59 Å². The Morgan fingerprint density at radius 2 is 1.59 bits per heavy atom. The molecule has 1 atom stereocenters. The highest BCUT2D eigenvalue weighted by Gasteiger charge is 2.48. The van der Waals surface area contributed by atoms with Gasteiger partial charge in [0.25, 0.3) is 11.7 Å². The number of amides is 1. The number of carbonyl (C=O) groups is 2. The molecule has 3 aromatic carbocycles. The Kier molecular flexibility index (Phi) is 5.07. The smallest absolute Gasteiger partial charge is 0.300 e. The van der Waals surface area contributed by atoms with E-state index < -0.39 is 17.7 Å². The van der Waals surface area contributed by atoms with Crippen LogP contribution in [0.3, 0.4) is 0 Å². The zero-order valence-electron chi connectivity index (χ0n) is 16.8. The summed E-state index contributed by atoms with van der Waals surface area (Å²) in [5.41, 5.74) is 1.56. The Morgan fingerprint density at radius 1 is 0.875 bits per heavy atom. The SMILES string of the molecule is O=C1C(=O)N(c2cccc3ccccc23)C(c2ccccn2)/C1=C(\O)c1ccc(Br)cc1. The van der Waals surface area contributed by atoms with Gasteiger partial charge in [-0.05, 0) is 35.7 Å². The van der Waals surface area contributed by atoms with E-state index in [2.05, 4.69) is 20.9 Å². The second-order valence-corrected chi connectivity index (χ2v) is 8.34. The molecule has 1 N–H and O–H groups in total. The van der Waals surface area contributed by atoms with Crippen molar-refractivity contribution in [2.24, 2.45) is 0 Å². The molecule has 1 unspecified atom stereocenters. The molecule has 6 heteroatoms. The van der Waals surface area contributed by atoms with Crippen molar-refractivity contribution < 1.29 is 14.7 Å². The number of hydrogen-bond donors (Lipinski definition) is 1. The molecule has 1 aliphatic rings.